The van der Waals surface area contributed by atoms with Crippen LogP contribution in [0.3, 0.4) is 0 Å². The van der Waals surface area contributed by atoms with Gasteiger partial charge in [-0.1, -0.05) is 31.2 Å². The minimum absolute atomic E-state index is 0.0850. The molecule has 0 radical (unpaired) electrons. The molecule has 7 nitrogen and oxygen atoms in total. The molecule has 0 aliphatic rings. The quantitative estimate of drug-likeness (QED) is 0.258. The topological polar surface area (TPSA) is 85.8 Å². The zero-order chi connectivity index (χ0) is 28.4. The van der Waals surface area contributed by atoms with Crippen molar-refractivity contribution in [2.75, 3.05) is 0 Å². The number of benzene rings is 2. The Morgan fingerprint density at radius 2 is 1.73 bits per heavy atom. The van der Waals surface area contributed by atoms with Crippen molar-refractivity contribution in [3.8, 4) is 28.5 Å². The Bertz CT molecular complexity index is 1710. The lowest BCUT2D eigenvalue weighted by atomic mass is 9.99. The van der Waals surface area contributed by atoms with E-state index in [0.29, 0.717) is 24.2 Å². The predicted octanol–water partition coefficient (Wildman–Crippen LogP) is 6.07. The number of halogens is 2. The fourth-order valence-electron chi connectivity index (χ4n) is 4.98. The van der Waals surface area contributed by atoms with Crippen molar-refractivity contribution in [3.63, 3.8) is 0 Å². The van der Waals surface area contributed by atoms with Crippen molar-refractivity contribution < 1.29 is 13.9 Å². The Hall–Kier alpha value is -4.66. The second-order valence-electron chi connectivity index (χ2n) is 9.66. The van der Waals surface area contributed by atoms with Gasteiger partial charge in [0.25, 0.3) is 5.56 Å². The monoisotopic (exact) mass is 541 g/mol. The molecule has 0 fully saturated rings. The predicted molar refractivity (Wildman–Crippen MR) is 149 cm³/mol. The number of nitrogens with zero attached hydrogens (tertiary/aromatic N) is 5. The van der Waals surface area contributed by atoms with Crippen LogP contribution in [-0.4, -0.2) is 29.4 Å². The van der Waals surface area contributed by atoms with E-state index < -0.39 is 23.2 Å². The third-order valence-electron chi connectivity index (χ3n) is 7.02. The van der Waals surface area contributed by atoms with Gasteiger partial charge in [0.15, 0.2) is 5.82 Å². The molecule has 9 heteroatoms. The lowest BCUT2D eigenvalue weighted by Gasteiger charge is -2.25. The summed E-state index contributed by atoms with van der Waals surface area (Å²) in [5.74, 6) is -1.66. The van der Waals surface area contributed by atoms with Crippen LogP contribution in [0.2, 0.25) is 0 Å². The highest BCUT2D eigenvalue weighted by atomic mass is 19.1. The second kappa shape index (κ2) is 11.2. The first kappa shape index (κ1) is 26.9. The molecule has 0 aliphatic heterocycles. The van der Waals surface area contributed by atoms with Crippen LogP contribution in [0.4, 0.5) is 8.78 Å². The van der Waals surface area contributed by atoms with E-state index in [1.54, 1.807) is 29.3 Å². The molecule has 204 valence electrons. The van der Waals surface area contributed by atoms with E-state index in [1.807, 2.05) is 51.1 Å². The maximum Gasteiger partial charge on any atom is 0.280 e. The number of aryl methyl sites for hydroxylation is 2. The minimum atomic E-state index is -0.733. The van der Waals surface area contributed by atoms with Gasteiger partial charge in [-0.05, 0) is 72.4 Å². The summed E-state index contributed by atoms with van der Waals surface area (Å²) in [6.07, 6.45) is 5.76. The minimum Gasteiger partial charge on any atom is -0.494 e. The summed E-state index contributed by atoms with van der Waals surface area (Å²) in [6.45, 7) is 6.33. The summed E-state index contributed by atoms with van der Waals surface area (Å²) in [5.41, 5.74) is 4.06. The Labute approximate surface area is 230 Å². The molecule has 0 bridgehead atoms. The zero-order valence-corrected chi connectivity index (χ0v) is 22.5. The van der Waals surface area contributed by atoms with Crippen LogP contribution < -0.4 is 5.56 Å². The molecule has 3 heterocycles. The van der Waals surface area contributed by atoms with Crippen LogP contribution in [0, 0.1) is 18.6 Å². The molecular formula is C31H29F2N5O2. The third kappa shape index (κ3) is 5.27. The number of hydrogen-bond donors (Lipinski definition) is 1. The maximum absolute atomic E-state index is 14.2. The molecule has 5 rings (SSSR count). The molecule has 1 N–H and O–H groups in total. The molecule has 0 aliphatic carbocycles. The van der Waals surface area contributed by atoms with Gasteiger partial charge in [-0.2, -0.15) is 10.1 Å². The lowest BCUT2D eigenvalue weighted by Crippen LogP contribution is -2.24. The normalized spacial score (nSPS) is 12.0. The fraction of sp³-hybridized carbons (Fsp3) is 0.226. The van der Waals surface area contributed by atoms with E-state index in [1.165, 1.54) is 16.7 Å². The summed E-state index contributed by atoms with van der Waals surface area (Å²) < 4.78 is 31.6. The van der Waals surface area contributed by atoms with Crippen molar-refractivity contribution in [2.45, 2.75) is 46.2 Å². The molecule has 3 aromatic heterocycles. The van der Waals surface area contributed by atoms with Crippen molar-refractivity contribution in [1.82, 2.24) is 24.3 Å². The van der Waals surface area contributed by atoms with Crippen LogP contribution in [0.25, 0.3) is 22.6 Å². The van der Waals surface area contributed by atoms with Crippen LogP contribution >= 0.6 is 0 Å². The molecule has 0 saturated carbocycles. The summed E-state index contributed by atoms with van der Waals surface area (Å²) in [4.78, 5) is 21.8. The molecule has 40 heavy (non-hydrogen) atoms. The summed E-state index contributed by atoms with van der Waals surface area (Å²) in [6, 6.07) is 13.9. The van der Waals surface area contributed by atoms with Gasteiger partial charge in [-0.25, -0.2) is 8.78 Å². The molecule has 0 amide bonds. The molecule has 0 unspecified atom stereocenters. The first-order valence-corrected chi connectivity index (χ1v) is 13.1. The Morgan fingerprint density at radius 3 is 2.35 bits per heavy atom. The summed E-state index contributed by atoms with van der Waals surface area (Å²) in [5, 5.41) is 16.1. The molecule has 0 spiro atoms. The standard InChI is InChI=1S/C31H29F2N5O2/c1-4-28(22-15-23(32)17-24(33)16-22)38-29(27-11-13-37(5-2)36-27)35-30(39)26(31(38)40)14-20-6-8-21(9-7-20)25-10-12-34-18-19(25)3/h6-13,15-18,28,40H,4-5,14H2,1-3H3/t28-/m0/s1. The smallest absolute Gasteiger partial charge is 0.280 e. The van der Waals surface area contributed by atoms with Gasteiger partial charge in [0.2, 0.25) is 5.88 Å². The molecule has 0 saturated heterocycles. The van der Waals surface area contributed by atoms with Crippen LogP contribution in [0.1, 0.15) is 48.6 Å². The van der Waals surface area contributed by atoms with Gasteiger partial charge in [0.05, 0.1) is 11.6 Å². The summed E-state index contributed by atoms with van der Waals surface area (Å²) in [7, 11) is 0. The summed E-state index contributed by atoms with van der Waals surface area (Å²) >= 11 is 0. The number of hydrogen-bond acceptors (Lipinski definition) is 5. The van der Waals surface area contributed by atoms with E-state index in [0.717, 1.165) is 28.3 Å². The highest BCUT2D eigenvalue weighted by Gasteiger charge is 2.26. The SMILES string of the molecule is CC[C@@H](c1cc(F)cc(F)c1)n1c(-c2ccn(CC)n2)nc(=O)c(Cc2ccc(-c3ccncc3C)cc2)c1O. The van der Waals surface area contributed by atoms with Gasteiger partial charge in [0.1, 0.15) is 17.3 Å². The van der Waals surface area contributed by atoms with E-state index in [9.17, 15) is 18.7 Å². The van der Waals surface area contributed by atoms with E-state index in [2.05, 4.69) is 15.1 Å². The van der Waals surface area contributed by atoms with Crippen LogP contribution in [-0.2, 0) is 13.0 Å². The largest absolute Gasteiger partial charge is 0.494 e. The van der Waals surface area contributed by atoms with Crippen LogP contribution in [0.15, 0.2) is 78.0 Å². The number of pyridine rings is 1. The zero-order valence-electron chi connectivity index (χ0n) is 22.5. The Morgan fingerprint density at radius 1 is 1.00 bits per heavy atom. The Balaban J connectivity index is 1.62. The van der Waals surface area contributed by atoms with E-state index in [4.69, 9.17) is 0 Å². The van der Waals surface area contributed by atoms with Crippen molar-refractivity contribution in [2.24, 2.45) is 0 Å². The molecule has 2 aromatic carbocycles. The van der Waals surface area contributed by atoms with Crippen molar-refractivity contribution in [3.05, 3.63) is 117 Å². The first-order chi connectivity index (χ1) is 19.3. The molecule has 5 aromatic rings. The third-order valence-corrected chi connectivity index (χ3v) is 7.02. The van der Waals surface area contributed by atoms with E-state index >= 15 is 0 Å². The van der Waals surface area contributed by atoms with E-state index in [-0.39, 0.29) is 23.7 Å². The number of aromatic nitrogens is 5. The Kier molecular flexibility index (Phi) is 7.55. The van der Waals surface area contributed by atoms with Gasteiger partial charge in [-0.15, -0.1) is 0 Å². The second-order valence-corrected chi connectivity index (χ2v) is 9.66. The number of aromatic hydroxyl groups is 1. The van der Waals surface area contributed by atoms with Gasteiger partial charge in [-0.3, -0.25) is 19.0 Å². The maximum atomic E-state index is 14.2. The lowest BCUT2D eigenvalue weighted by molar-refractivity contribution is 0.381. The van der Waals surface area contributed by atoms with Crippen molar-refractivity contribution >= 4 is 0 Å². The van der Waals surface area contributed by atoms with Crippen molar-refractivity contribution in [1.29, 1.82) is 0 Å². The number of rotatable bonds is 8. The first-order valence-electron chi connectivity index (χ1n) is 13.1. The highest BCUT2D eigenvalue weighted by Crippen LogP contribution is 2.34. The molecule has 1 atom stereocenters. The average molecular weight is 542 g/mol. The average Bonchev–Trinajstić information content (AvgIpc) is 3.42. The fourth-order valence-corrected chi connectivity index (χ4v) is 4.98. The van der Waals surface area contributed by atoms with Gasteiger partial charge < -0.3 is 5.11 Å². The van der Waals surface area contributed by atoms with Gasteiger partial charge >= 0.3 is 0 Å². The molecular weight excluding hydrogens is 512 g/mol. The van der Waals surface area contributed by atoms with Crippen LogP contribution in [0.5, 0.6) is 5.88 Å². The highest BCUT2D eigenvalue weighted by molar-refractivity contribution is 5.66. The van der Waals surface area contributed by atoms with Gasteiger partial charge in [0, 0.05) is 37.6 Å².